The number of carbonyl (C=O) groups is 1. The maximum Gasteiger partial charge on any atom is 0.396 e. The van der Waals surface area contributed by atoms with Gasteiger partial charge in [-0.3, -0.25) is 0 Å². The molecule has 0 N–H and O–H groups in total. The highest BCUT2D eigenvalue weighted by atomic mass is 32.1. The molecule has 2 rings (SSSR count). The number of fused-ring (bicyclic) bond motifs is 1. The standard InChI is InChI=1S/C6H3N2O2S/c9-6-5-4(1-2-11-5)8(10)3-7-6/h1-3H/q+1. The number of hydrogen-bond donors (Lipinski definition) is 0. The fourth-order valence-electron chi connectivity index (χ4n) is 0.862. The Balaban J connectivity index is 2.68. The first-order valence-electron chi connectivity index (χ1n) is 2.91. The zero-order chi connectivity index (χ0) is 7.84. The Morgan fingerprint density at radius 3 is 3.09 bits per heavy atom. The highest BCUT2D eigenvalue weighted by Gasteiger charge is 2.28. The monoisotopic (exact) mass is 167 g/mol. The molecule has 0 aliphatic carbocycles. The molecule has 5 heteroatoms. The van der Waals surface area contributed by atoms with Crippen LogP contribution >= 0.6 is 11.3 Å². The van der Waals surface area contributed by atoms with E-state index in [1.54, 1.807) is 11.4 Å². The van der Waals surface area contributed by atoms with Crippen LogP contribution in [0.2, 0.25) is 0 Å². The van der Waals surface area contributed by atoms with Gasteiger partial charge in [-0.25, -0.2) is 4.79 Å². The second-order valence-corrected chi connectivity index (χ2v) is 2.93. The normalized spacial score (nSPS) is 15.3. The van der Waals surface area contributed by atoms with Gasteiger partial charge >= 0.3 is 12.2 Å². The van der Waals surface area contributed by atoms with Gasteiger partial charge in [0.25, 0.3) is 0 Å². The van der Waals surface area contributed by atoms with Gasteiger partial charge < -0.3 is 0 Å². The summed E-state index contributed by atoms with van der Waals surface area (Å²) in [5.74, 6) is -0.331. The minimum atomic E-state index is -0.331. The summed E-state index contributed by atoms with van der Waals surface area (Å²) in [6, 6.07) is 1.61. The number of nitrogens with zero attached hydrogens (tertiary/aromatic N) is 2. The van der Waals surface area contributed by atoms with Gasteiger partial charge in [0.15, 0.2) is 4.88 Å². The second kappa shape index (κ2) is 2.06. The Morgan fingerprint density at radius 1 is 1.55 bits per heavy atom. The van der Waals surface area contributed by atoms with Crippen molar-refractivity contribution in [2.24, 2.45) is 4.99 Å². The molecule has 0 saturated carbocycles. The molecule has 0 aromatic carbocycles. The molecule has 0 saturated heterocycles. The molecular weight excluding hydrogens is 164 g/mol. The van der Waals surface area contributed by atoms with Crippen molar-refractivity contribution in [3.05, 3.63) is 21.2 Å². The minimum Gasteiger partial charge on any atom is -0.235 e. The molecule has 4 nitrogen and oxygen atoms in total. The van der Waals surface area contributed by atoms with Crippen molar-refractivity contribution in [2.75, 3.05) is 0 Å². The van der Waals surface area contributed by atoms with Gasteiger partial charge in [-0.15, -0.1) is 11.3 Å². The number of thiophene rings is 1. The largest absolute Gasteiger partial charge is 0.396 e. The van der Waals surface area contributed by atoms with E-state index in [9.17, 15) is 9.70 Å². The Labute approximate surface area is 65.8 Å². The fraction of sp³-hybridized carbons (Fsp3) is 0. The molecule has 54 valence electrons. The lowest BCUT2D eigenvalue weighted by Crippen LogP contribution is -2.08. The van der Waals surface area contributed by atoms with Crippen LogP contribution in [0.15, 0.2) is 16.4 Å². The summed E-state index contributed by atoms with van der Waals surface area (Å²) in [6.07, 6.45) is 0.984. The third-order valence-electron chi connectivity index (χ3n) is 1.36. The van der Waals surface area contributed by atoms with Crippen LogP contribution in [0.3, 0.4) is 0 Å². The molecule has 0 atom stereocenters. The summed E-state index contributed by atoms with van der Waals surface area (Å²) >= 11 is 1.23. The van der Waals surface area contributed by atoms with Crippen LogP contribution in [0.5, 0.6) is 0 Å². The SMILES string of the molecule is O=C1N=C[N+](=O)c2ccsc21. The zero-order valence-electron chi connectivity index (χ0n) is 5.35. The van der Waals surface area contributed by atoms with Crippen molar-refractivity contribution in [3.8, 4) is 0 Å². The van der Waals surface area contributed by atoms with Crippen molar-refractivity contribution < 1.29 is 9.55 Å². The first kappa shape index (κ1) is 6.36. The number of carbonyl (C=O) groups excluding carboxylic acids is 1. The average molecular weight is 167 g/mol. The van der Waals surface area contributed by atoms with Crippen LogP contribution < -0.4 is 0 Å². The van der Waals surface area contributed by atoms with Crippen molar-refractivity contribution >= 4 is 29.3 Å². The van der Waals surface area contributed by atoms with E-state index in [0.29, 0.717) is 15.3 Å². The summed E-state index contributed by atoms with van der Waals surface area (Å²) in [7, 11) is 0. The van der Waals surface area contributed by atoms with Crippen LogP contribution in [0.1, 0.15) is 9.67 Å². The Bertz CT molecular complexity index is 334. The summed E-state index contributed by atoms with van der Waals surface area (Å²) in [5, 5.41) is 1.70. The van der Waals surface area contributed by atoms with Gasteiger partial charge in [0.05, 0.1) is 0 Å². The van der Waals surface area contributed by atoms with E-state index in [1.165, 1.54) is 11.3 Å². The van der Waals surface area contributed by atoms with Crippen LogP contribution in [-0.4, -0.2) is 17.0 Å². The maximum atomic E-state index is 10.9. The molecule has 1 aromatic heterocycles. The lowest BCUT2D eigenvalue weighted by molar-refractivity contribution is -0.321. The molecule has 2 heterocycles. The van der Waals surface area contributed by atoms with Crippen molar-refractivity contribution in [1.82, 2.24) is 0 Å². The highest BCUT2D eigenvalue weighted by Crippen LogP contribution is 2.26. The molecule has 1 aliphatic rings. The van der Waals surface area contributed by atoms with E-state index in [0.717, 1.165) is 6.34 Å². The number of nitroso groups, excluding NO2 is 1. The average Bonchev–Trinajstić information content (AvgIpc) is 2.45. The lowest BCUT2D eigenvalue weighted by Gasteiger charge is -1.91. The summed E-state index contributed by atoms with van der Waals surface area (Å²) < 4.78 is 0.591. The summed E-state index contributed by atoms with van der Waals surface area (Å²) in [6.45, 7) is 0. The first-order valence-corrected chi connectivity index (χ1v) is 3.79. The Hall–Kier alpha value is -1.36. The van der Waals surface area contributed by atoms with Crippen LogP contribution in [-0.2, 0) is 0 Å². The van der Waals surface area contributed by atoms with Crippen LogP contribution in [0.4, 0.5) is 5.69 Å². The van der Waals surface area contributed by atoms with E-state index in [4.69, 9.17) is 0 Å². The molecular formula is C6H3N2O2S+. The topological polar surface area (TPSA) is 49.5 Å². The van der Waals surface area contributed by atoms with E-state index >= 15 is 0 Å². The van der Waals surface area contributed by atoms with Crippen molar-refractivity contribution in [2.45, 2.75) is 0 Å². The Kier molecular flexibility index (Phi) is 1.19. The third-order valence-corrected chi connectivity index (χ3v) is 2.25. The van der Waals surface area contributed by atoms with E-state index in [2.05, 4.69) is 4.99 Å². The Morgan fingerprint density at radius 2 is 2.36 bits per heavy atom. The van der Waals surface area contributed by atoms with Crippen molar-refractivity contribution in [1.29, 1.82) is 0 Å². The number of hydrogen-bond acceptors (Lipinski definition) is 3. The van der Waals surface area contributed by atoms with E-state index < -0.39 is 0 Å². The molecule has 0 unspecified atom stereocenters. The maximum absolute atomic E-state index is 10.9. The first-order chi connectivity index (χ1) is 5.29. The van der Waals surface area contributed by atoms with Gasteiger partial charge in [0.1, 0.15) is 0 Å². The van der Waals surface area contributed by atoms with E-state index in [-0.39, 0.29) is 5.91 Å². The predicted molar refractivity (Wildman–Crippen MR) is 40.4 cm³/mol. The zero-order valence-corrected chi connectivity index (χ0v) is 6.17. The molecule has 1 aliphatic heterocycles. The fourth-order valence-corrected chi connectivity index (χ4v) is 1.63. The second-order valence-electron chi connectivity index (χ2n) is 2.01. The van der Waals surface area contributed by atoms with Crippen LogP contribution in [0, 0.1) is 4.91 Å². The number of amides is 1. The van der Waals surface area contributed by atoms with Gasteiger partial charge in [0, 0.05) is 10.8 Å². The smallest absolute Gasteiger partial charge is 0.235 e. The van der Waals surface area contributed by atoms with E-state index in [1.807, 2.05) is 0 Å². The molecule has 11 heavy (non-hydrogen) atoms. The molecule has 1 aromatic rings. The molecule has 0 radical (unpaired) electrons. The lowest BCUT2D eigenvalue weighted by atomic mass is 10.3. The summed E-state index contributed by atoms with van der Waals surface area (Å²) in [5.41, 5.74) is 0.398. The quantitative estimate of drug-likeness (QED) is 0.547. The van der Waals surface area contributed by atoms with Crippen LogP contribution in [0.25, 0.3) is 0 Å². The minimum absolute atomic E-state index is 0.331. The molecule has 0 spiro atoms. The molecule has 1 amide bonds. The van der Waals surface area contributed by atoms with Gasteiger partial charge in [-0.1, -0.05) is 4.91 Å². The molecule has 0 fully saturated rings. The number of aliphatic imine (C=N–C) groups is 1. The van der Waals surface area contributed by atoms with Gasteiger partial charge in [-0.2, -0.15) is 0 Å². The van der Waals surface area contributed by atoms with Gasteiger partial charge in [-0.05, 0) is 10.4 Å². The predicted octanol–water partition coefficient (Wildman–Crippen LogP) is 1.34. The highest BCUT2D eigenvalue weighted by molar-refractivity contribution is 7.12. The van der Waals surface area contributed by atoms with Crippen molar-refractivity contribution in [3.63, 3.8) is 0 Å². The third kappa shape index (κ3) is 0.813. The molecule has 0 bridgehead atoms. The summed E-state index contributed by atoms with van der Waals surface area (Å²) in [4.78, 5) is 25.7. The number of rotatable bonds is 0. The van der Waals surface area contributed by atoms with Gasteiger partial charge in [0.2, 0.25) is 5.69 Å².